The summed E-state index contributed by atoms with van der Waals surface area (Å²) in [6.45, 7) is 5.08. The Balaban J connectivity index is 1.56. The monoisotopic (exact) mass is 347 g/mol. The van der Waals surface area contributed by atoms with E-state index in [1.807, 2.05) is 19.4 Å². The molecule has 2 aliphatic heterocycles. The van der Waals surface area contributed by atoms with Crippen LogP contribution in [0.4, 0.5) is 0 Å². The maximum atomic E-state index is 12.3. The number of piperidine rings is 2. The fourth-order valence-electron chi connectivity index (χ4n) is 4.02. The lowest BCUT2D eigenvalue weighted by atomic mass is 9.83. The molecule has 1 amide bonds. The van der Waals surface area contributed by atoms with Gasteiger partial charge >= 0.3 is 0 Å². The van der Waals surface area contributed by atoms with Crippen LogP contribution in [0.15, 0.2) is 12.4 Å². The lowest BCUT2D eigenvalue weighted by molar-refractivity contribution is -0.141. The number of amides is 1. The Labute approximate surface area is 149 Å². The summed E-state index contributed by atoms with van der Waals surface area (Å²) in [6, 6.07) is 0.408. The van der Waals surface area contributed by atoms with Gasteiger partial charge in [-0.15, -0.1) is 0 Å². The molecule has 0 unspecified atom stereocenters. The molecule has 0 aliphatic carbocycles. The van der Waals surface area contributed by atoms with Gasteiger partial charge in [0.1, 0.15) is 6.61 Å². The van der Waals surface area contributed by atoms with E-state index in [2.05, 4.69) is 25.1 Å². The average molecular weight is 347 g/mol. The molecule has 0 radical (unpaired) electrons. The Morgan fingerprint density at radius 1 is 1.32 bits per heavy atom. The van der Waals surface area contributed by atoms with E-state index < -0.39 is 0 Å². The van der Waals surface area contributed by atoms with Crippen molar-refractivity contribution >= 4 is 5.91 Å². The van der Waals surface area contributed by atoms with Crippen LogP contribution in [0.2, 0.25) is 0 Å². The van der Waals surface area contributed by atoms with Gasteiger partial charge in [0.05, 0.1) is 0 Å². The molecule has 0 aromatic carbocycles. The van der Waals surface area contributed by atoms with E-state index in [0.717, 1.165) is 57.0 Å². The van der Waals surface area contributed by atoms with Gasteiger partial charge in [0.15, 0.2) is 5.82 Å². The number of aromatic nitrogens is 2. The number of carbonyl (C=O) groups is 1. The van der Waals surface area contributed by atoms with E-state index in [1.54, 1.807) is 7.11 Å². The zero-order valence-corrected chi connectivity index (χ0v) is 15.3. The Hall–Kier alpha value is -1.57. The molecule has 2 aliphatic rings. The maximum absolute atomic E-state index is 12.3. The Kier molecular flexibility index (Phi) is 6.34. The second kappa shape index (κ2) is 8.69. The van der Waals surface area contributed by atoms with E-state index in [-0.39, 0.29) is 0 Å². The number of hydrogen-bond donors (Lipinski definition) is 1. The summed E-state index contributed by atoms with van der Waals surface area (Å²) in [5.74, 6) is 1.62. The summed E-state index contributed by atoms with van der Waals surface area (Å²) < 4.78 is 5.05. The first-order valence-corrected chi connectivity index (χ1v) is 9.16. The van der Waals surface area contributed by atoms with Gasteiger partial charge in [-0.05, 0) is 25.8 Å². The Morgan fingerprint density at radius 3 is 2.84 bits per heavy atom. The number of hydrogen-bond acceptors (Lipinski definition) is 6. The third-order valence-electron chi connectivity index (χ3n) is 5.27. The van der Waals surface area contributed by atoms with Crippen molar-refractivity contribution in [3.8, 4) is 0 Å². The number of ether oxygens (including phenoxy) is 1. The van der Waals surface area contributed by atoms with Crippen LogP contribution in [-0.4, -0.2) is 72.1 Å². The van der Waals surface area contributed by atoms with Crippen LogP contribution in [0.1, 0.15) is 30.7 Å². The molecule has 0 spiro atoms. The van der Waals surface area contributed by atoms with Gasteiger partial charge in [-0.1, -0.05) is 0 Å². The molecule has 2 atom stereocenters. The standard InChI is InChI=1S/C18H29N5O2/c1-19-6-8-23-16-5-7-22(12-15(16)3-4-18(23)24)11-14-9-20-17(13-25-2)21-10-14/h9-10,15-16,19H,3-8,11-13H2,1-2H3/t15-,16+/m0/s1. The summed E-state index contributed by atoms with van der Waals surface area (Å²) in [7, 11) is 3.59. The van der Waals surface area contributed by atoms with Crippen LogP contribution in [0.5, 0.6) is 0 Å². The van der Waals surface area contributed by atoms with Crippen LogP contribution in [0, 0.1) is 5.92 Å². The molecule has 0 saturated carbocycles. The Morgan fingerprint density at radius 2 is 2.12 bits per heavy atom. The topological polar surface area (TPSA) is 70.6 Å². The van der Waals surface area contributed by atoms with Gasteiger partial charge in [-0.2, -0.15) is 0 Å². The molecule has 25 heavy (non-hydrogen) atoms. The third kappa shape index (κ3) is 4.54. The van der Waals surface area contributed by atoms with E-state index in [4.69, 9.17) is 4.74 Å². The summed E-state index contributed by atoms with van der Waals surface area (Å²) in [5, 5.41) is 3.16. The van der Waals surface area contributed by atoms with Crippen molar-refractivity contribution in [1.82, 2.24) is 25.1 Å². The molecule has 3 rings (SSSR count). The van der Waals surface area contributed by atoms with Crippen LogP contribution in [0.3, 0.4) is 0 Å². The van der Waals surface area contributed by atoms with Gasteiger partial charge in [0, 0.05) is 70.3 Å². The number of nitrogens with one attached hydrogen (secondary N) is 1. The van der Waals surface area contributed by atoms with E-state index >= 15 is 0 Å². The number of nitrogens with zero attached hydrogens (tertiary/aromatic N) is 4. The van der Waals surface area contributed by atoms with E-state index in [1.165, 1.54) is 0 Å². The Bertz CT molecular complexity index is 565. The number of fused-ring (bicyclic) bond motifs is 1. The third-order valence-corrected chi connectivity index (χ3v) is 5.27. The largest absolute Gasteiger partial charge is 0.377 e. The molecule has 2 saturated heterocycles. The fraction of sp³-hybridized carbons (Fsp3) is 0.722. The molecule has 0 bridgehead atoms. The van der Waals surface area contributed by atoms with Crippen molar-refractivity contribution in [2.45, 2.75) is 38.5 Å². The minimum absolute atomic E-state index is 0.326. The highest BCUT2D eigenvalue weighted by Crippen LogP contribution is 2.31. The SMILES string of the molecule is CNCCN1C(=O)CC[C@H]2CN(Cc3cnc(COC)nc3)CC[C@H]21. The highest BCUT2D eigenvalue weighted by Gasteiger charge is 2.38. The smallest absolute Gasteiger partial charge is 0.222 e. The minimum atomic E-state index is 0.326. The molecule has 7 heteroatoms. The molecule has 1 aromatic rings. The zero-order chi connectivity index (χ0) is 17.6. The van der Waals surface area contributed by atoms with Gasteiger partial charge in [-0.3, -0.25) is 9.69 Å². The summed E-state index contributed by atoms with van der Waals surface area (Å²) >= 11 is 0. The summed E-state index contributed by atoms with van der Waals surface area (Å²) in [6.07, 6.45) is 6.56. The van der Waals surface area contributed by atoms with Crippen LogP contribution >= 0.6 is 0 Å². The van der Waals surface area contributed by atoms with Gasteiger partial charge in [0.25, 0.3) is 0 Å². The van der Waals surface area contributed by atoms with Crippen LogP contribution in [0.25, 0.3) is 0 Å². The van der Waals surface area contributed by atoms with Crippen molar-refractivity contribution in [3.63, 3.8) is 0 Å². The van der Waals surface area contributed by atoms with Crippen molar-refractivity contribution in [2.75, 3.05) is 40.3 Å². The lowest BCUT2D eigenvalue weighted by Crippen LogP contribution is -2.56. The van der Waals surface area contributed by atoms with E-state index in [9.17, 15) is 4.79 Å². The van der Waals surface area contributed by atoms with Crippen LogP contribution in [-0.2, 0) is 22.7 Å². The second-order valence-electron chi connectivity index (χ2n) is 7.02. The maximum Gasteiger partial charge on any atom is 0.222 e. The zero-order valence-electron chi connectivity index (χ0n) is 15.3. The van der Waals surface area contributed by atoms with Crippen molar-refractivity contribution in [2.24, 2.45) is 5.92 Å². The molecule has 1 aromatic heterocycles. The summed E-state index contributed by atoms with van der Waals surface area (Å²) in [5.41, 5.74) is 1.14. The molecule has 2 fully saturated rings. The number of likely N-dealkylation sites (N-methyl/N-ethyl adjacent to an activating group) is 1. The number of likely N-dealkylation sites (tertiary alicyclic amines) is 2. The van der Waals surface area contributed by atoms with Crippen molar-refractivity contribution < 1.29 is 9.53 Å². The molecular formula is C18H29N5O2. The fourth-order valence-corrected chi connectivity index (χ4v) is 4.02. The molecule has 3 heterocycles. The number of methoxy groups -OCH3 is 1. The lowest BCUT2D eigenvalue weighted by Gasteiger charge is -2.47. The second-order valence-corrected chi connectivity index (χ2v) is 7.02. The molecular weight excluding hydrogens is 318 g/mol. The molecule has 138 valence electrons. The first kappa shape index (κ1) is 18.2. The van der Waals surface area contributed by atoms with Gasteiger partial charge < -0.3 is 15.0 Å². The van der Waals surface area contributed by atoms with Gasteiger partial charge in [0.2, 0.25) is 5.91 Å². The van der Waals surface area contributed by atoms with Gasteiger partial charge in [-0.25, -0.2) is 9.97 Å². The first-order chi connectivity index (χ1) is 12.2. The average Bonchev–Trinajstić information content (AvgIpc) is 2.63. The highest BCUT2D eigenvalue weighted by atomic mass is 16.5. The van der Waals surface area contributed by atoms with E-state index in [0.29, 0.717) is 30.9 Å². The molecule has 1 N–H and O–H groups in total. The van der Waals surface area contributed by atoms with Crippen molar-refractivity contribution in [1.29, 1.82) is 0 Å². The first-order valence-electron chi connectivity index (χ1n) is 9.16. The molecule has 7 nitrogen and oxygen atoms in total. The normalized spacial score (nSPS) is 24.4. The predicted octanol–water partition coefficient (Wildman–Crippen LogP) is 0.655. The summed E-state index contributed by atoms with van der Waals surface area (Å²) in [4.78, 5) is 25.6. The van der Waals surface area contributed by atoms with Crippen molar-refractivity contribution in [3.05, 3.63) is 23.8 Å². The number of rotatable bonds is 7. The minimum Gasteiger partial charge on any atom is -0.377 e. The van der Waals surface area contributed by atoms with Crippen LogP contribution < -0.4 is 5.32 Å². The number of carbonyl (C=O) groups excluding carboxylic acids is 1. The predicted molar refractivity (Wildman–Crippen MR) is 94.8 cm³/mol. The quantitative estimate of drug-likeness (QED) is 0.781. The highest BCUT2D eigenvalue weighted by molar-refractivity contribution is 5.77.